The fourth-order valence-corrected chi connectivity index (χ4v) is 1.75. The van der Waals surface area contributed by atoms with Crippen molar-refractivity contribution >= 4 is 29.4 Å². The van der Waals surface area contributed by atoms with Crippen LogP contribution in [0.15, 0.2) is 36.4 Å². The first-order valence-electron chi connectivity index (χ1n) is 8.64. The molecule has 0 fully saturated rings. The number of halogens is 1. The van der Waals surface area contributed by atoms with Crippen molar-refractivity contribution < 1.29 is 23.8 Å². The molecule has 9 heteroatoms. The Morgan fingerprint density at radius 1 is 1.21 bits per heavy atom. The van der Waals surface area contributed by atoms with Gasteiger partial charge in [-0.25, -0.2) is 14.2 Å². The van der Waals surface area contributed by atoms with Gasteiger partial charge in [0.2, 0.25) is 0 Å². The first-order chi connectivity index (χ1) is 13.2. The second kappa shape index (κ2) is 11.4. The highest BCUT2D eigenvalue weighted by Gasteiger charge is 2.07. The number of nitrogens with two attached hydrogens (primary N) is 1. The third-order valence-corrected chi connectivity index (χ3v) is 3.32. The lowest BCUT2D eigenvalue weighted by molar-refractivity contribution is -0.140. The maximum absolute atomic E-state index is 12.8. The second-order valence-corrected chi connectivity index (χ2v) is 5.95. The summed E-state index contributed by atoms with van der Waals surface area (Å²) in [5.41, 5.74) is 7.08. The largest absolute Gasteiger partial charge is 0.481 e. The number of pyridine rings is 1. The number of hydrogen-bond acceptors (Lipinski definition) is 6. The molecule has 28 heavy (non-hydrogen) atoms. The summed E-state index contributed by atoms with van der Waals surface area (Å²) < 4.78 is 17.6. The summed E-state index contributed by atoms with van der Waals surface area (Å²) in [4.78, 5) is 25.2. The Kier molecular flexibility index (Phi) is 9.21. The minimum Gasteiger partial charge on any atom is -0.481 e. The molecule has 5 N–H and O–H groups in total. The number of nitrogens with one attached hydrogen (secondary N) is 2. The lowest BCUT2D eigenvalue weighted by atomic mass is 10.2. The van der Waals surface area contributed by atoms with Crippen molar-refractivity contribution in [3.05, 3.63) is 47.8 Å². The van der Waals surface area contributed by atoms with Gasteiger partial charge in [0.15, 0.2) is 0 Å². The van der Waals surface area contributed by atoms with Crippen molar-refractivity contribution in [3.63, 3.8) is 0 Å². The van der Waals surface area contributed by atoms with Gasteiger partial charge in [-0.15, -0.1) is 0 Å². The molecule has 152 valence electrons. The molecule has 0 saturated heterocycles. The quantitative estimate of drug-likeness (QED) is 0.590. The van der Waals surface area contributed by atoms with E-state index in [2.05, 4.69) is 15.6 Å². The van der Waals surface area contributed by atoms with Crippen LogP contribution in [0.4, 0.5) is 26.5 Å². The zero-order valence-electron chi connectivity index (χ0n) is 16.0. The topological polar surface area (TPSA) is 127 Å². The maximum Gasteiger partial charge on any atom is 0.411 e. The molecule has 0 aliphatic carbocycles. The van der Waals surface area contributed by atoms with Crippen molar-refractivity contribution in [2.24, 2.45) is 5.92 Å². The van der Waals surface area contributed by atoms with Crippen LogP contribution in [0, 0.1) is 11.7 Å². The predicted octanol–water partition coefficient (Wildman–Crippen LogP) is 3.71. The number of aliphatic carboxylic acids is 1. The number of carboxylic acid groups (broad SMARTS) is 1. The van der Waals surface area contributed by atoms with Gasteiger partial charge in [0.05, 0.1) is 18.2 Å². The summed E-state index contributed by atoms with van der Waals surface area (Å²) >= 11 is 0. The normalized spacial score (nSPS) is 9.89. The molecule has 1 aromatic carbocycles. The molecule has 0 spiro atoms. The van der Waals surface area contributed by atoms with E-state index in [0.717, 1.165) is 5.56 Å². The standard InChI is InChI=1S/C15H17FN4O2.C4H8O2/c1-2-22-15(21)19-12-7-8-13(20-14(12)17)18-9-10-3-5-11(16)6-4-10;1-3(2)4(5)6/h3-8H,2,9H2,1H3,(H,19,21)(H3,17,18,20);3H,1-2H3,(H,5,6). The van der Waals surface area contributed by atoms with E-state index in [9.17, 15) is 14.0 Å². The van der Waals surface area contributed by atoms with Crippen LogP contribution >= 0.6 is 0 Å². The monoisotopic (exact) mass is 392 g/mol. The van der Waals surface area contributed by atoms with E-state index < -0.39 is 12.1 Å². The van der Waals surface area contributed by atoms with Crippen molar-refractivity contribution in [3.8, 4) is 0 Å². The lowest BCUT2D eigenvalue weighted by Gasteiger charge is -2.10. The van der Waals surface area contributed by atoms with Gasteiger partial charge in [-0.1, -0.05) is 26.0 Å². The molecule has 0 aliphatic heterocycles. The molecule has 0 unspecified atom stereocenters. The first-order valence-corrected chi connectivity index (χ1v) is 8.64. The van der Waals surface area contributed by atoms with Crippen LogP contribution in [0.25, 0.3) is 0 Å². The number of carboxylic acids is 1. The Hall–Kier alpha value is -3.36. The number of anilines is 3. The molecule has 1 aromatic heterocycles. The molecule has 1 heterocycles. The van der Waals surface area contributed by atoms with Crippen molar-refractivity contribution in [2.45, 2.75) is 27.3 Å². The minimum absolute atomic E-state index is 0.178. The van der Waals surface area contributed by atoms with E-state index >= 15 is 0 Å². The summed E-state index contributed by atoms with van der Waals surface area (Å²) in [5.74, 6) is -0.520. The molecule has 1 amide bonds. The number of hydrogen-bond donors (Lipinski definition) is 4. The van der Waals surface area contributed by atoms with Crippen LogP contribution in [0.3, 0.4) is 0 Å². The lowest BCUT2D eigenvalue weighted by Crippen LogP contribution is -2.15. The Balaban J connectivity index is 0.000000568. The van der Waals surface area contributed by atoms with E-state index in [1.807, 2.05) is 0 Å². The molecule has 2 rings (SSSR count). The smallest absolute Gasteiger partial charge is 0.411 e. The minimum atomic E-state index is -0.741. The van der Waals surface area contributed by atoms with Gasteiger partial charge in [0.1, 0.15) is 17.5 Å². The fourth-order valence-electron chi connectivity index (χ4n) is 1.75. The van der Waals surface area contributed by atoms with E-state index in [0.29, 0.717) is 18.1 Å². The van der Waals surface area contributed by atoms with Gasteiger partial charge < -0.3 is 20.9 Å². The van der Waals surface area contributed by atoms with E-state index in [-0.39, 0.29) is 24.2 Å². The molecule has 0 saturated carbocycles. The summed E-state index contributed by atoms with van der Waals surface area (Å²) in [6.07, 6.45) is -0.581. The molecule has 0 radical (unpaired) electrons. The number of nitrogens with zero attached hydrogens (tertiary/aromatic N) is 1. The number of amides is 1. The van der Waals surface area contributed by atoms with Crippen molar-refractivity contribution in [1.29, 1.82) is 0 Å². The first kappa shape index (κ1) is 22.7. The number of benzene rings is 1. The third-order valence-electron chi connectivity index (χ3n) is 3.32. The van der Waals surface area contributed by atoms with Gasteiger partial charge in [0, 0.05) is 6.54 Å². The number of aromatic nitrogens is 1. The molecule has 0 bridgehead atoms. The van der Waals surface area contributed by atoms with Crippen LogP contribution in [-0.4, -0.2) is 28.8 Å². The van der Waals surface area contributed by atoms with Crippen LogP contribution in [-0.2, 0) is 16.1 Å². The van der Waals surface area contributed by atoms with Gasteiger partial charge in [0.25, 0.3) is 0 Å². The van der Waals surface area contributed by atoms with Gasteiger partial charge in [-0.2, -0.15) is 0 Å². The van der Waals surface area contributed by atoms with Gasteiger partial charge >= 0.3 is 12.1 Å². The average Bonchev–Trinajstić information content (AvgIpc) is 2.64. The third kappa shape index (κ3) is 8.35. The summed E-state index contributed by atoms with van der Waals surface area (Å²) in [6, 6.07) is 9.47. The van der Waals surface area contributed by atoms with Crippen molar-refractivity contribution in [1.82, 2.24) is 4.98 Å². The van der Waals surface area contributed by atoms with Crippen LogP contribution < -0.4 is 16.4 Å². The van der Waals surface area contributed by atoms with Crippen LogP contribution in [0.5, 0.6) is 0 Å². The second-order valence-electron chi connectivity index (χ2n) is 5.95. The molecular weight excluding hydrogens is 367 g/mol. The highest BCUT2D eigenvalue weighted by atomic mass is 19.1. The summed E-state index contributed by atoms with van der Waals surface area (Å²) in [7, 11) is 0. The molecule has 0 atom stereocenters. The number of ether oxygens (including phenoxy) is 1. The van der Waals surface area contributed by atoms with Gasteiger partial charge in [-0.3, -0.25) is 10.1 Å². The van der Waals surface area contributed by atoms with E-state index in [1.54, 1.807) is 45.0 Å². The average molecular weight is 392 g/mol. The molecule has 0 aliphatic rings. The zero-order valence-corrected chi connectivity index (χ0v) is 16.0. The number of rotatable bonds is 6. The van der Waals surface area contributed by atoms with Gasteiger partial charge in [-0.05, 0) is 36.8 Å². The Morgan fingerprint density at radius 2 is 1.82 bits per heavy atom. The van der Waals surface area contributed by atoms with E-state index in [4.69, 9.17) is 15.6 Å². The number of carbonyl (C=O) groups excluding carboxylic acids is 1. The molecule has 8 nitrogen and oxygen atoms in total. The van der Waals surface area contributed by atoms with Crippen LogP contribution in [0.2, 0.25) is 0 Å². The Morgan fingerprint density at radius 3 is 2.32 bits per heavy atom. The van der Waals surface area contributed by atoms with Crippen molar-refractivity contribution in [2.75, 3.05) is 23.0 Å². The van der Waals surface area contributed by atoms with E-state index in [1.165, 1.54) is 12.1 Å². The predicted molar refractivity (Wildman–Crippen MR) is 105 cm³/mol. The zero-order chi connectivity index (χ0) is 21.1. The number of carbonyl (C=O) groups is 2. The molecular formula is C19H25FN4O4. The highest BCUT2D eigenvalue weighted by molar-refractivity contribution is 5.88. The molecule has 2 aromatic rings. The maximum atomic E-state index is 12.8. The number of nitrogen functional groups attached to an aromatic ring is 1. The van der Waals surface area contributed by atoms with Crippen LogP contribution in [0.1, 0.15) is 26.3 Å². The Labute approximate surface area is 162 Å². The fraction of sp³-hybridized carbons (Fsp3) is 0.316. The summed E-state index contributed by atoms with van der Waals surface area (Å²) in [6.45, 7) is 5.75. The summed E-state index contributed by atoms with van der Waals surface area (Å²) in [5, 5.41) is 13.6. The highest BCUT2D eigenvalue weighted by Crippen LogP contribution is 2.19. The SMILES string of the molecule is CC(C)C(=O)O.CCOC(=O)Nc1ccc(NCc2ccc(F)cc2)nc1N. The Bertz CT molecular complexity index is 782.